The molecule has 0 bridgehead atoms. The van der Waals surface area contributed by atoms with Crippen molar-refractivity contribution in [3.63, 3.8) is 0 Å². The lowest BCUT2D eigenvalue weighted by molar-refractivity contribution is 0.411. The maximum absolute atomic E-state index is 5.28. The van der Waals surface area contributed by atoms with Crippen LogP contribution in [0, 0.1) is 13.8 Å². The van der Waals surface area contributed by atoms with Gasteiger partial charge in [-0.1, -0.05) is 18.2 Å². The molecule has 1 aromatic heterocycles. The smallest absolute Gasteiger partial charge is 0.128 e. The van der Waals surface area contributed by atoms with E-state index in [0.717, 1.165) is 29.4 Å². The molecule has 0 spiro atoms. The van der Waals surface area contributed by atoms with E-state index in [1.165, 1.54) is 5.56 Å². The molecular weight excluding hydrogens is 236 g/mol. The molecule has 0 N–H and O–H groups in total. The number of methoxy groups -OCH3 is 1. The normalized spacial score (nSPS) is 10.3. The Morgan fingerprint density at radius 1 is 1.16 bits per heavy atom. The van der Waals surface area contributed by atoms with Gasteiger partial charge in [-0.2, -0.15) is 0 Å². The summed E-state index contributed by atoms with van der Waals surface area (Å²) in [5.74, 6) is 1.92. The summed E-state index contributed by atoms with van der Waals surface area (Å²) in [5.41, 5.74) is 3.45. The quantitative estimate of drug-likeness (QED) is 0.839. The summed E-state index contributed by atoms with van der Waals surface area (Å²) in [6.45, 7) is 4.91. The molecule has 1 aromatic carbocycles. The zero-order valence-corrected chi connectivity index (χ0v) is 12.0. The van der Waals surface area contributed by atoms with Gasteiger partial charge in [0.1, 0.15) is 11.6 Å². The van der Waals surface area contributed by atoms with E-state index in [-0.39, 0.29) is 0 Å². The van der Waals surface area contributed by atoms with Crippen LogP contribution in [0.1, 0.15) is 16.8 Å². The number of hydrogen-bond donors (Lipinski definition) is 0. The van der Waals surface area contributed by atoms with E-state index in [0.29, 0.717) is 0 Å². The fraction of sp³-hybridized carbons (Fsp3) is 0.312. The van der Waals surface area contributed by atoms with Crippen molar-refractivity contribution in [2.24, 2.45) is 0 Å². The number of anilines is 1. The Morgan fingerprint density at radius 2 is 1.95 bits per heavy atom. The topological polar surface area (TPSA) is 25.4 Å². The molecule has 0 aliphatic carbocycles. The Balaban J connectivity index is 2.14. The van der Waals surface area contributed by atoms with Crippen LogP contribution in [-0.4, -0.2) is 19.1 Å². The van der Waals surface area contributed by atoms with Gasteiger partial charge in [-0.25, -0.2) is 4.98 Å². The van der Waals surface area contributed by atoms with Crippen molar-refractivity contribution in [1.29, 1.82) is 0 Å². The van der Waals surface area contributed by atoms with Crippen molar-refractivity contribution in [3.05, 3.63) is 53.2 Å². The summed E-state index contributed by atoms with van der Waals surface area (Å²) >= 11 is 0. The lowest BCUT2D eigenvalue weighted by atomic mass is 10.1. The van der Waals surface area contributed by atoms with Crippen molar-refractivity contribution in [2.75, 3.05) is 19.1 Å². The van der Waals surface area contributed by atoms with Gasteiger partial charge in [0.15, 0.2) is 0 Å². The lowest BCUT2D eigenvalue weighted by Crippen LogP contribution is -2.17. The van der Waals surface area contributed by atoms with Gasteiger partial charge in [-0.05, 0) is 43.2 Å². The number of pyridine rings is 1. The van der Waals surface area contributed by atoms with Gasteiger partial charge in [0.05, 0.1) is 7.11 Å². The van der Waals surface area contributed by atoms with E-state index in [1.54, 1.807) is 7.11 Å². The van der Waals surface area contributed by atoms with Crippen LogP contribution in [0.2, 0.25) is 0 Å². The summed E-state index contributed by atoms with van der Waals surface area (Å²) in [4.78, 5) is 6.67. The van der Waals surface area contributed by atoms with E-state index in [2.05, 4.69) is 36.0 Å². The predicted octanol–water partition coefficient (Wildman–Crippen LogP) is 3.34. The van der Waals surface area contributed by atoms with Gasteiger partial charge in [0.25, 0.3) is 0 Å². The first-order chi connectivity index (χ1) is 9.10. The van der Waals surface area contributed by atoms with Gasteiger partial charge in [0.2, 0.25) is 0 Å². The molecule has 0 atom stereocenters. The second kappa shape index (κ2) is 5.74. The highest BCUT2D eigenvalue weighted by molar-refractivity contribution is 5.41. The average Bonchev–Trinajstić information content (AvgIpc) is 2.39. The predicted molar refractivity (Wildman–Crippen MR) is 78.8 cm³/mol. The minimum atomic E-state index is 0.835. The van der Waals surface area contributed by atoms with E-state index in [1.807, 2.05) is 31.2 Å². The third kappa shape index (κ3) is 3.25. The Morgan fingerprint density at radius 3 is 2.58 bits per heavy atom. The first-order valence-corrected chi connectivity index (χ1v) is 6.38. The third-order valence-electron chi connectivity index (χ3n) is 3.14. The fourth-order valence-electron chi connectivity index (χ4n) is 2.13. The largest absolute Gasteiger partial charge is 0.496 e. The van der Waals surface area contributed by atoms with Gasteiger partial charge < -0.3 is 9.64 Å². The molecule has 0 unspecified atom stereocenters. The third-order valence-corrected chi connectivity index (χ3v) is 3.14. The van der Waals surface area contributed by atoms with E-state index >= 15 is 0 Å². The molecule has 2 aromatic rings. The van der Waals surface area contributed by atoms with Crippen LogP contribution < -0.4 is 9.64 Å². The Kier molecular flexibility index (Phi) is 4.05. The second-order valence-corrected chi connectivity index (χ2v) is 4.80. The zero-order valence-electron chi connectivity index (χ0n) is 12.0. The Hall–Kier alpha value is -2.03. The number of aromatic nitrogens is 1. The van der Waals surface area contributed by atoms with Crippen LogP contribution in [0.5, 0.6) is 5.75 Å². The maximum Gasteiger partial charge on any atom is 0.128 e. The fourth-order valence-corrected chi connectivity index (χ4v) is 2.13. The van der Waals surface area contributed by atoms with Crippen LogP contribution in [0.3, 0.4) is 0 Å². The highest BCUT2D eigenvalue weighted by Gasteiger charge is 2.05. The molecule has 0 radical (unpaired) electrons. The number of rotatable bonds is 4. The number of ether oxygens (including phenoxy) is 1. The number of benzene rings is 1. The zero-order chi connectivity index (χ0) is 13.8. The molecule has 0 aliphatic rings. The van der Waals surface area contributed by atoms with Gasteiger partial charge in [-0.15, -0.1) is 0 Å². The number of hydrogen-bond acceptors (Lipinski definition) is 3. The Bertz CT molecular complexity index is 566. The summed E-state index contributed by atoms with van der Waals surface area (Å²) in [6.07, 6.45) is 0. The Labute approximate surface area is 114 Å². The van der Waals surface area contributed by atoms with Gasteiger partial charge in [0, 0.05) is 19.3 Å². The molecule has 0 amide bonds. The molecule has 19 heavy (non-hydrogen) atoms. The molecule has 3 nitrogen and oxygen atoms in total. The van der Waals surface area contributed by atoms with E-state index < -0.39 is 0 Å². The summed E-state index contributed by atoms with van der Waals surface area (Å²) in [6, 6.07) is 12.3. The van der Waals surface area contributed by atoms with Crippen molar-refractivity contribution >= 4 is 5.82 Å². The second-order valence-electron chi connectivity index (χ2n) is 4.80. The first kappa shape index (κ1) is 13.4. The van der Waals surface area contributed by atoms with Gasteiger partial charge >= 0.3 is 0 Å². The highest BCUT2D eigenvalue weighted by Crippen LogP contribution is 2.20. The van der Waals surface area contributed by atoms with E-state index in [9.17, 15) is 0 Å². The molecule has 0 aliphatic heterocycles. The summed E-state index contributed by atoms with van der Waals surface area (Å²) in [7, 11) is 3.76. The standard InChI is InChI=1S/C16H20N2O/c1-12-10-14(8-9-15(12)19-4)11-18(3)16-7-5-6-13(2)17-16/h5-10H,11H2,1-4H3. The average molecular weight is 256 g/mol. The molecule has 1 heterocycles. The number of aryl methyl sites for hydroxylation is 2. The molecule has 0 saturated heterocycles. The molecule has 100 valence electrons. The van der Waals surface area contributed by atoms with Crippen LogP contribution in [0.4, 0.5) is 5.82 Å². The van der Waals surface area contributed by atoms with Crippen LogP contribution in [0.25, 0.3) is 0 Å². The molecule has 0 saturated carbocycles. The number of nitrogens with zero attached hydrogens (tertiary/aromatic N) is 2. The minimum Gasteiger partial charge on any atom is -0.496 e. The lowest BCUT2D eigenvalue weighted by Gasteiger charge is -2.19. The van der Waals surface area contributed by atoms with Crippen molar-refractivity contribution < 1.29 is 4.74 Å². The molecule has 2 rings (SSSR count). The van der Waals surface area contributed by atoms with E-state index in [4.69, 9.17) is 4.74 Å². The first-order valence-electron chi connectivity index (χ1n) is 6.38. The van der Waals surface area contributed by atoms with Crippen molar-refractivity contribution in [3.8, 4) is 5.75 Å². The SMILES string of the molecule is COc1ccc(CN(C)c2cccc(C)n2)cc1C. The minimum absolute atomic E-state index is 0.835. The maximum atomic E-state index is 5.28. The van der Waals surface area contributed by atoms with Gasteiger partial charge in [-0.3, -0.25) is 0 Å². The summed E-state index contributed by atoms with van der Waals surface area (Å²) < 4.78 is 5.28. The molecule has 3 heteroatoms. The van der Waals surface area contributed by atoms with Crippen molar-refractivity contribution in [1.82, 2.24) is 4.98 Å². The van der Waals surface area contributed by atoms with Crippen molar-refractivity contribution in [2.45, 2.75) is 20.4 Å². The summed E-state index contributed by atoms with van der Waals surface area (Å²) in [5, 5.41) is 0. The van der Waals surface area contributed by atoms with Crippen LogP contribution in [-0.2, 0) is 6.54 Å². The highest BCUT2D eigenvalue weighted by atomic mass is 16.5. The monoisotopic (exact) mass is 256 g/mol. The van der Waals surface area contributed by atoms with Crippen LogP contribution in [0.15, 0.2) is 36.4 Å². The van der Waals surface area contributed by atoms with Crippen LogP contribution >= 0.6 is 0 Å². The molecule has 0 fully saturated rings. The molecular formula is C16H20N2O.